The Kier molecular flexibility index (Phi) is 4.13. The summed E-state index contributed by atoms with van der Waals surface area (Å²) in [5.74, 6) is 1.25. The normalized spacial score (nSPS) is 10.0. The molecule has 2 rings (SSSR count). The van der Waals surface area contributed by atoms with E-state index in [4.69, 9.17) is 15.2 Å². The summed E-state index contributed by atoms with van der Waals surface area (Å²) in [6.07, 6.45) is 0. The van der Waals surface area contributed by atoms with E-state index in [0.717, 1.165) is 0 Å². The molecule has 0 aliphatic carbocycles. The third-order valence-electron chi connectivity index (χ3n) is 2.88. The van der Waals surface area contributed by atoms with E-state index in [0.29, 0.717) is 22.9 Å². The number of rotatable bonds is 5. The Labute approximate surface area is 121 Å². The summed E-state index contributed by atoms with van der Waals surface area (Å²) in [5.41, 5.74) is 7.31. The van der Waals surface area contributed by atoms with Gasteiger partial charge in [0.2, 0.25) is 0 Å². The fraction of sp³-hybridized carbons (Fsp3) is 0.143. The van der Waals surface area contributed by atoms with Gasteiger partial charge in [0.1, 0.15) is 11.5 Å². The Morgan fingerprint density at radius 1 is 1.10 bits per heavy atom. The number of benzene rings is 2. The number of anilines is 3. The number of non-ortho nitro benzene ring substituents is 1. The maximum atomic E-state index is 10.7. The molecule has 0 saturated carbocycles. The van der Waals surface area contributed by atoms with Crippen molar-refractivity contribution in [3.63, 3.8) is 0 Å². The topological polar surface area (TPSA) is 99.6 Å². The molecule has 7 heteroatoms. The molecular weight excluding hydrogens is 274 g/mol. The first kappa shape index (κ1) is 14.4. The van der Waals surface area contributed by atoms with Crippen LogP contribution in [0.3, 0.4) is 0 Å². The first-order valence-electron chi connectivity index (χ1n) is 6.07. The van der Waals surface area contributed by atoms with E-state index in [9.17, 15) is 10.1 Å². The highest BCUT2D eigenvalue weighted by Gasteiger charge is 2.09. The molecule has 0 heterocycles. The molecule has 110 valence electrons. The molecule has 0 fully saturated rings. The molecule has 2 aromatic rings. The van der Waals surface area contributed by atoms with E-state index in [2.05, 4.69) is 5.32 Å². The quantitative estimate of drug-likeness (QED) is 0.498. The van der Waals surface area contributed by atoms with Gasteiger partial charge in [0.05, 0.1) is 30.5 Å². The minimum atomic E-state index is -0.491. The fourth-order valence-electron chi connectivity index (χ4n) is 1.81. The van der Waals surface area contributed by atoms with E-state index in [1.54, 1.807) is 38.5 Å². The molecule has 3 N–H and O–H groups in total. The summed E-state index contributed by atoms with van der Waals surface area (Å²) in [6, 6.07) is 9.52. The smallest absolute Gasteiger partial charge is 0.271 e. The molecule has 21 heavy (non-hydrogen) atoms. The van der Waals surface area contributed by atoms with Crippen LogP contribution in [0.5, 0.6) is 11.5 Å². The van der Waals surface area contributed by atoms with E-state index in [1.807, 2.05) is 0 Å². The van der Waals surface area contributed by atoms with Gasteiger partial charge in [-0.15, -0.1) is 0 Å². The van der Waals surface area contributed by atoms with Gasteiger partial charge in [-0.25, -0.2) is 0 Å². The van der Waals surface area contributed by atoms with Crippen LogP contribution in [0.15, 0.2) is 36.4 Å². The highest BCUT2D eigenvalue weighted by atomic mass is 16.6. The first-order valence-corrected chi connectivity index (χ1v) is 6.07. The average Bonchev–Trinajstić information content (AvgIpc) is 2.48. The minimum absolute atomic E-state index is 0.0544. The number of nitrogens with one attached hydrogen (secondary N) is 1. The number of hydrogen-bond donors (Lipinski definition) is 2. The van der Waals surface area contributed by atoms with Crippen LogP contribution in [-0.4, -0.2) is 19.1 Å². The highest BCUT2D eigenvalue weighted by molar-refractivity contribution is 5.75. The van der Waals surface area contributed by atoms with Crippen LogP contribution in [0.25, 0.3) is 0 Å². The van der Waals surface area contributed by atoms with Gasteiger partial charge in [0.25, 0.3) is 5.69 Å². The highest BCUT2D eigenvalue weighted by Crippen LogP contribution is 2.31. The molecule has 2 aromatic carbocycles. The SMILES string of the molecule is COc1cc(Nc2ccc([N+](=O)[O-])cc2N)cc(OC)c1. The largest absolute Gasteiger partial charge is 0.497 e. The first-order chi connectivity index (χ1) is 10.0. The summed E-state index contributed by atoms with van der Waals surface area (Å²) in [6.45, 7) is 0. The zero-order valence-corrected chi connectivity index (χ0v) is 11.6. The van der Waals surface area contributed by atoms with E-state index in [1.165, 1.54) is 12.1 Å². The van der Waals surface area contributed by atoms with Crippen LogP contribution < -0.4 is 20.5 Å². The van der Waals surface area contributed by atoms with E-state index in [-0.39, 0.29) is 11.4 Å². The zero-order chi connectivity index (χ0) is 15.4. The minimum Gasteiger partial charge on any atom is -0.497 e. The summed E-state index contributed by atoms with van der Waals surface area (Å²) in [7, 11) is 3.11. The second kappa shape index (κ2) is 6.00. The lowest BCUT2D eigenvalue weighted by molar-refractivity contribution is -0.384. The predicted octanol–water partition coefficient (Wildman–Crippen LogP) is 2.94. The van der Waals surface area contributed by atoms with E-state index < -0.39 is 4.92 Å². The molecule has 0 saturated heterocycles. The molecule has 7 nitrogen and oxygen atoms in total. The second-order valence-electron chi connectivity index (χ2n) is 4.26. The number of nitrogens with two attached hydrogens (primary N) is 1. The van der Waals surface area contributed by atoms with Gasteiger partial charge in [-0.05, 0) is 6.07 Å². The summed E-state index contributed by atoms with van der Waals surface area (Å²) in [5, 5.41) is 13.8. The van der Waals surface area contributed by atoms with Crippen LogP contribution in [0.2, 0.25) is 0 Å². The summed E-state index contributed by atoms with van der Waals surface area (Å²) >= 11 is 0. The van der Waals surface area contributed by atoms with Crippen LogP contribution >= 0.6 is 0 Å². The number of methoxy groups -OCH3 is 2. The predicted molar refractivity (Wildman–Crippen MR) is 80.3 cm³/mol. The Hall–Kier alpha value is -2.96. The molecule has 0 spiro atoms. The third kappa shape index (κ3) is 3.33. The van der Waals surface area contributed by atoms with E-state index >= 15 is 0 Å². The Balaban J connectivity index is 2.31. The van der Waals surface area contributed by atoms with Crippen molar-refractivity contribution in [2.24, 2.45) is 0 Å². The van der Waals surface area contributed by atoms with Gasteiger partial charge in [-0.2, -0.15) is 0 Å². The van der Waals surface area contributed by atoms with Crippen molar-refractivity contribution in [1.29, 1.82) is 0 Å². The Bertz CT molecular complexity index is 651. The van der Waals surface area contributed by atoms with Gasteiger partial charge < -0.3 is 20.5 Å². The van der Waals surface area contributed by atoms with Crippen molar-refractivity contribution < 1.29 is 14.4 Å². The Morgan fingerprint density at radius 3 is 2.19 bits per heavy atom. The maximum Gasteiger partial charge on any atom is 0.271 e. The molecule has 0 aliphatic rings. The van der Waals surface area contributed by atoms with Crippen LogP contribution in [0.4, 0.5) is 22.7 Å². The number of nitro benzene ring substituents is 1. The standard InChI is InChI=1S/C14H15N3O4/c1-20-11-5-9(6-12(8-11)21-2)16-14-4-3-10(17(18)19)7-13(14)15/h3-8,16H,15H2,1-2H3. The second-order valence-corrected chi connectivity index (χ2v) is 4.26. The number of nitrogen functional groups attached to an aromatic ring is 1. The van der Waals surface area contributed by atoms with Gasteiger partial charge >= 0.3 is 0 Å². The number of ether oxygens (including phenoxy) is 2. The fourth-order valence-corrected chi connectivity index (χ4v) is 1.81. The van der Waals surface area contributed by atoms with Crippen molar-refractivity contribution >= 4 is 22.7 Å². The molecule has 0 amide bonds. The van der Waals surface area contributed by atoms with Gasteiger partial charge in [0.15, 0.2) is 0 Å². The molecule has 0 bridgehead atoms. The van der Waals surface area contributed by atoms with Crippen molar-refractivity contribution in [3.8, 4) is 11.5 Å². The van der Waals surface area contributed by atoms with Crippen molar-refractivity contribution in [1.82, 2.24) is 0 Å². The maximum absolute atomic E-state index is 10.7. The van der Waals surface area contributed by atoms with Crippen molar-refractivity contribution in [3.05, 3.63) is 46.5 Å². The molecule has 0 aromatic heterocycles. The third-order valence-corrected chi connectivity index (χ3v) is 2.88. The average molecular weight is 289 g/mol. The number of hydrogen-bond acceptors (Lipinski definition) is 6. The molecule has 0 unspecified atom stereocenters. The molecular formula is C14H15N3O4. The van der Waals surface area contributed by atoms with Crippen LogP contribution in [0, 0.1) is 10.1 Å². The Morgan fingerprint density at radius 2 is 1.71 bits per heavy atom. The molecule has 0 atom stereocenters. The van der Waals surface area contributed by atoms with Crippen molar-refractivity contribution in [2.45, 2.75) is 0 Å². The zero-order valence-electron chi connectivity index (χ0n) is 11.6. The molecule has 0 radical (unpaired) electrons. The van der Waals surface area contributed by atoms with Gasteiger partial charge in [0, 0.05) is 36.0 Å². The van der Waals surface area contributed by atoms with Crippen molar-refractivity contribution in [2.75, 3.05) is 25.3 Å². The lowest BCUT2D eigenvalue weighted by atomic mass is 10.2. The van der Waals surface area contributed by atoms with Gasteiger partial charge in [-0.1, -0.05) is 0 Å². The summed E-state index contributed by atoms with van der Waals surface area (Å²) in [4.78, 5) is 10.2. The van der Waals surface area contributed by atoms with Gasteiger partial charge in [-0.3, -0.25) is 10.1 Å². The van der Waals surface area contributed by atoms with Crippen LogP contribution in [0.1, 0.15) is 0 Å². The lowest BCUT2D eigenvalue weighted by Crippen LogP contribution is -1.99. The monoisotopic (exact) mass is 289 g/mol. The summed E-state index contributed by atoms with van der Waals surface area (Å²) < 4.78 is 10.4. The number of nitrogens with zero attached hydrogens (tertiary/aromatic N) is 1. The number of nitro groups is 1. The lowest BCUT2D eigenvalue weighted by Gasteiger charge is -2.12. The van der Waals surface area contributed by atoms with Crippen LogP contribution in [-0.2, 0) is 0 Å². The molecule has 0 aliphatic heterocycles.